The highest BCUT2D eigenvalue weighted by Gasteiger charge is 2.22. The number of carbonyl (C=O) groups is 1. The van der Waals surface area contributed by atoms with Crippen LogP contribution in [0.2, 0.25) is 0 Å². The maximum Gasteiger partial charge on any atom is 0.265 e. The largest absolute Gasteiger partial charge is 0.378 e. The molecule has 0 bridgehead atoms. The average molecular weight is 472 g/mol. The van der Waals surface area contributed by atoms with E-state index in [1.807, 2.05) is 36.4 Å². The topological polar surface area (TPSA) is 87.7 Å². The fourth-order valence-electron chi connectivity index (χ4n) is 3.52. The first-order chi connectivity index (χ1) is 15.3. The van der Waals surface area contributed by atoms with Gasteiger partial charge in [0.2, 0.25) is 10.0 Å². The van der Waals surface area contributed by atoms with Crippen LogP contribution in [0.25, 0.3) is 11.1 Å². The number of anilines is 3. The number of nitrogens with one attached hydrogen (secondary N) is 2. The van der Waals surface area contributed by atoms with Gasteiger partial charge in [0, 0.05) is 24.3 Å². The minimum Gasteiger partial charge on any atom is -0.378 e. The highest BCUT2D eigenvalue weighted by atomic mass is 32.2. The third-order valence-electron chi connectivity index (χ3n) is 5.11. The van der Waals surface area contributed by atoms with Gasteiger partial charge in [-0.05, 0) is 36.2 Å². The van der Waals surface area contributed by atoms with Gasteiger partial charge in [-0.1, -0.05) is 36.4 Å². The van der Waals surface area contributed by atoms with Gasteiger partial charge in [-0.25, -0.2) is 8.42 Å². The summed E-state index contributed by atoms with van der Waals surface area (Å²) >= 11 is 1.45. The van der Waals surface area contributed by atoms with Crippen LogP contribution in [0.3, 0.4) is 0 Å². The molecule has 7 nitrogen and oxygen atoms in total. The Morgan fingerprint density at radius 1 is 1.06 bits per heavy atom. The maximum absolute atomic E-state index is 13.1. The van der Waals surface area contributed by atoms with Crippen LogP contribution in [0, 0.1) is 6.92 Å². The summed E-state index contributed by atoms with van der Waals surface area (Å²) < 4.78 is 31.2. The van der Waals surface area contributed by atoms with Crippen molar-refractivity contribution < 1.29 is 17.9 Å². The van der Waals surface area contributed by atoms with Crippen molar-refractivity contribution in [2.45, 2.75) is 6.92 Å². The van der Waals surface area contributed by atoms with Crippen LogP contribution in [0.15, 0.2) is 54.6 Å². The number of hydrogen-bond acceptors (Lipinski definition) is 6. The van der Waals surface area contributed by atoms with Crippen molar-refractivity contribution in [3.63, 3.8) is 0 Å². The molecule has 2 N–H and O–H groups in total. The number of amides is 1. The van der Waals surface area contributed by atoms with Crippen molar-refractivity contribution in [2.24, 2.45) is 0 Å². The number of rotatable bonds is 6. The summed E-state index contributed by atoms with van der Waals surface area (Å²) in [5, 5.41) is 3.95. The van der Waals surface area contributed by atoms with E-state index in [2.05, 4.69) is 14.9 Å². The monoisotopic (exact) mass is 471 g/mol. The molecular formula is C23H25N3O4S2. The molecule has 1 aliphatic heterocycles. The number of thiophene rings is 1. The second-order valence-corrected chi connectivity index (χ2v) is 10.4. The van der Waals surface area contributed by atoms with Crippen LogP contribution in [0.4, 0.5) is 16.4 Å². The lowest BCUT2D eigenvalue weighted by Crippen LogP contribution is -2.35. The normalized spacial score (nSPS) is 14.2. The van der Waals surface area contributed by atoms with Crippen molar-refractivity contribution >= 4 is 43.6 Å². The summed E-state index contributed by atoms with van der Waals surface area (Å²) in [5.74, 6) is -0.235. The quantitative estimate of drug-likeness (QED) is 0.563. The Balaban J connectivity index is 1.63. The van der Waals surface area contributed by atoms with E-state index in [4.69, 9.17) is 4.74 Å². The highest BCUT2D eigenvalue weighted by Crippen LogP contribution is 2.39. The van der Waals surface area contributed by atoms with Gasteiger partial charge >= 0.3 is 0 Å². The van der Waals surface area contributed by atoms with Crippen molar-refractivity contribution in [3.05, 3.63) is 65.0 Å². The molecule has 9 heteroatoms. The lowest BCUT2D eigenvalue weighted by Gasteiger charge is -2.28. The van der Waals surface area contributed by atoms with Crippen molar-refractivity contribution in [1.29, 1.82) is 0 Å². The van der Waals surface area contributed by atoms with Gasteiger partial charge in [0.15, 0.2) is 0 Å². The zero-order valence-corrected chi connectivity index (χ0v) is 19.6. The molecule has 3 aromatic rings. The Bertz CT molecular complexity index is 1220. The first-order valence-corrected chi connectivity index (χ1v) is 12.9. The van der Waals surface area contributed by atoms with Crippen LogP contribution in [0.5, 0.6) is 0 Å². The Labute approximate surface area is 192 Å². The second kappa shape index (κ2) is 9.32. The molecule has 1 aliphatic rings. The third-order valence-corrected chi connectivity index (χ3v) is 6.90. The fourth-order valence-corrected chi connectivity index (χ4v) is 5.27. The Kier molecular flexibility index (Phi) is 6.50. The van der Waals surface area contributed by atoms with Gasteiger partial charge in [0.05, 0.1) is 35.0 Å². The SMILES string of the molecule is Cc1ccc(NC(=O)c2cc(-c3ccccc3)c(N3CCOCC3)s2)cc1NS(C)(=O)=O. The van der Waals surface area contributed by atoms with Gasteiger partial charge in [-0.2, -0.15) is 0 Å². The van der Waals surface area contributed by atoms with E-state index >= 15 is 0 Å². The summed E-state index contributed by atoms with van der Waals surface area (Å²) in [7, 11) is -3.42. The minimum absolute atomic E-state index is 0.235. The van der Waals surface area contributed by atoms with Crippen molar-refractivity contribution in [2.75, 3.05) is 47.5 Å². The van der Waals surface area contributed by atoms with Crippen molar-refractivity contribution in [1.82, 2.24) is 0 Å². The molecule has 32 heavy (non-hydrogen) atoms. The van der Waals surface area contributed by atoms with E-state index in [9.17, 15) is 13.2 Å². The minimum atomic E-state index is -3.42. The van der Waals surface area contributed by atoms with Gasteiger partial charge in [0.1, 0.15) is 0 Å². The number of hydrogen-bond donors (Lipinski definition) is 2. The molecule has 0 spiro atoms. The number of aryl methyl sites for hydroxylation is 1. The Morgan fingerprint density at radius 3 is 2.47 bits per heavy atom. The Morgan fingerprint density at radius 2 is 1.78 bits per heavy atom. The zero-order chi connectivity index (χ0) is 22.7. The number of sulfonamides is 1. The van der Waals surface area contributed by atoms with Gasteiger partial charge in [-0.3, -0.25) is 9.52 Å². The second-order valence-electron chi connectivity index (χ2n) is 7.65. The predicted octanol–water partition coefficient (Wildman–Crippen LogP) is 4.18. The zero-order valence-electron chi connectivity index (χ0n) is 17.9. The summed E-state index contributed by atoms with van der Waals surface area (Å²) in [6, 6.07) is 17.1. The molecule has 168 valence electrons. The molecule has 1 fully saturated rings. The number of morpholine rings is 1. The number of carbonyl (C=O) groups excluding carboxylic acids is 1. The fraction of sp³-hybridized carbons (Fsp3) is 0.261. The molecule has 0 radical (unpaired) electrons. The van der Waals surface area contributed by atoms with Crippen LogP contribution < -0.4 is 14.9 Å². The van der Waals surface area contributed by atoms with Crippen LogP contribution in [-0.4, -0.2) is 46.9 Å². The molecule has 1 aromatic heterocycles. The average Bonchev–Trinajstić information content (AvgIpc) is 3.22. The van der Waals surface area contributed by atoms with Gasteiger partial charge in [0.25, 0.3) is 5.91 Å². The number of benzene rings is 2. The number of nitrogens with zero attached hydrogens (tertiary/aromatic N) is 1. The molecule has 2 aromatic carbocycles. The van der Waals surface area contributed by atoms with E-state index in [0.29, 0.717) is 29.5 Å². The van der Waals surface area contributed by atoms with E-state index < -0.39 is 10.0 Å². The molecule has 0 atom stereocenters. The van der Waals surface area contributed by atoms with E-state index in [1.54, 1.807) is 25.1 Å². The third kappa shape index (κ3) is 5.29. The number of ether oxygens (including phenoxy) is 1. The molecule has 2 heterocycles. The van der Waals surface area contributed by atoms with Gasteiger partial charge in [-0.15, -0.1) is 11.3 Å². The summed E-state index contributed by atoms with van der Waals surface area (Å²) in [6.07, 6.45) is 1.10. The van der Waals surface area contributed by atoms with Gasteiger partial charge < -0.3 is 15.0 Å². The summed E-state index contributed by atoms with van der Waals surface area (Å²) in [6.45, 7) is 4.68. The first-order valence-electron chi connectivity index (χ1n) is 10.2. The first kappa shape index (κ1) is 22.3. The molecule has 1 amide bonds. The molecule has 4 rings (SSSR count). The van der Waals surface area contributed by atoms with Crippen LogP contribution in [0.1, 0.15) is 15.2 Å². The van der Waals surface area contributed by atoms with E-state index in [1.165, 1.54) is 11.3 Å². The molecule has 0 aliphatic carbocycles. The Hall–Kier alpha value is -2.88. The highest BCUT2D eigenvalue weighted by molar-refractivity contribution is 7.92. The molecular weight excluding hydrogens is 446 g/mol. The summed E-state index contributed by atoms with van der Waals surface area (Å²) in [5.41, 5.74) is 3.81. The predicted molar refractivity (Wildman–Crippen MR) is 130 cm³/mol. The van der Waals surface area contributed by atoms with E-state index in [0.717, 1.165) is 41.0 Å². The maximum atomic E-state index is 13.1. The van der Waals surface area contributed by atoms with E-state index in [-0.39, 0.29) is 5.91 Å². The molecule has 1 saturated heterocycles. The lowest BCUT2D eigenvalue weighted by atomic mass is 10.1. The standard InChI is InChI=1S/C23H25N3O4S2/c1-16-8-9-18(14-20(16)25-32(2,28)29)24-22(27)21-15-19(17-6-4-3-5-7-17)23(31-21)26-10-12-30-13-11-26/h3-9,14-15,25H,10-13H2,1-2H3,(H,24,27). The van der Waals surface area contributed by atoms with Crippen LogP contribution >= 0.6 is 11.3 Å². The summed E-state index contributed by atoms with van der Waals surface area (Å²) in [4.78, 5) is 15.9. The molecule has 0 unspecified atom stereocenters. The van der Waals surface area contributed by atoms with Crippen molar-refractivity contribution in [3.8, 4) is 11.1 Å². The molecule has 0 saturated carbocycles. The smallest absolute Gasteiger partial charge is 0.265 e. The van der Waals surface area contributed by atoms with Crippen LogP contribution in [-0.2, 0) is 14.8 Å². The lowest BCUT2D eigenvalue weighted by molar-refractivity contribution is 0.103.